The van der Waals surface area contributed by atoms with Gasteiger partial charge in [0, 0.05) is 19.2 Å². The Kier molecular flexibility index (Phi) is 4.54. The molecule has 1 amide bonds. The van der Waals surface area contributed by atoms with E-state index in [1.54, 1.807) is 24.3 Å². The van der Waals surface area contributed by atoms with Crippen molar-refractivity contribution in [3.8, 4) is 11.5 Å². The molecule has 8 heteroatoms. The summed E-state index contributed by atoms with van der Waals surface area (Å²) in [6.07, 6.45) is 0.622. The van der Waals surface area contributed by atoms with Crippen molar-refractivity contribution in [1.82, 2.24) is 4.31 Å². The van der Waals surface area contributed by atoms with Gasteiger partial charge in [-0.15, -0.1) is 0 Å². The lowest BCUT2D eigenvalue weighted by Gasteiger charge is -2.28. The molecule has 30 heavy (non-hydrogen) atoms. The quantitative estimate of drug-likeness (QED) is 0.639. The van der Waals surface area contributed by atoms with Crippen LogP contribution in [0.1, 0.15) is 21.5 Å². The van der Waals surface area contributed by atoms with Gasteiger partial charge in [0.2, 0.25) is 10.0 Å². The molecule has 3 aromatic carbocycles. The highest BCUT2D eigenvalue weighted by Gasteiger charge is 2.32. The number of fused-ring (bicyclic) bond motifs is 3. The van der Waals surface area contributed by atoms with Gasteiger partial charge in [-0.1, -0.05) is 48.0 Å². The Morgan fingerprint density at radius 3 is 2.53 bits per heavy atom. The fourth-order valence-corrected chi connectivity index (χ4v) is 5.71. The number of ether oxygens (including phenoxy) is 1. The van der Waals surface area contributed by atoms with Crippen LogP contribution < -0.4 is 10.1 Å². The molecule has 0 unspecified atom stereocenters. The highest BCUT2D eigenvalue weighted by Crippen LogP contribution is 2.40. The third-order valence-corrected chi connectivity index (χ3v) is 7.66. The summed E-state index contributed by atoms with van der Waals surface area (Å²) in [7, 11) is -3.91. The Morgan fingerprint density at radius 1 is 0.967 bits per heavy atom. The first kappa shape index (κ1) is 19.1. The van der Waals surface area contributed by atoms with Gasteiger partial charge in [0.15, 0.2) is 5.75 Å². The average molecular weight is 441 g/mol. The number of anilines is 1. The summed E-state index contributed by atoms with van der Waals surface area (Å²) >= 11 is 6.38. The standard InChI is InChI=1S/C22H17ClN2O4S/c23-17-12-20-16(22(26)24-18-7-3-4-8-19(18)29-20)11-21(17)30(27,28)25-10-9-14-5-1-2-6-15(14)13-25/h1-8,11-12H,9-10,13H2,(H,24,26). The van der Waals surface area contributed by atoms with Crippen molar-refractivity contribution in [2.75, 3.05) is 11.9 Å². The smallest absolute Gasteiger partial charge is 0.259 e. The molecule has 0 aliphatic carbocycles. The molecule has 2 heterocycles. The lowest BCUT2D eigenvalue weighted by molar-refractivity contribution is 0.102. The van der Waals surface area contributed by atoms with E-state index in [9.17, 15) is 13.2 Å². The maximum absolute atomic E-state index is 13.4. The third kappa shape index (κ3) is 3.15. The SMILES string of the molecule is O=C1Nc2ccccc2Oc2cc(Cl)c(S(=O)(=O)N3CCc4ccccc4C3)cc21. The van der Waals surface area contributed by atoms with Crippen molar-refractivity contribution in [3.05, 3.63) is 82.4 Å². The number of para-hydroxylation sites is 2. The molecule has 0 fully saturated rings. The monoisotopic (exact) mass is 440 g/mol. The number of hydrogen-bond donors (Lipinski definition) is 1. The summed E-state index contributed by atoms with van der Waals surface area (Å²) in [5, 5.41) is 2.77. The summed E-state index contributed by atoms with van der Waals surface area (Å²) in [5.41, 5.74) is 2.73. The first-order valence-electron chi connectivity index (χ1n) is 9.42. The lowest BCUT2D eigenvalue weighted by atomic mass is 10.0. The topological polar surface area (TPSA) is 75.7 Å². The van der Waals surface area contributed by atoms with E-state index >= 15 is 0 Å². The Bertz CT molecular complexity index is 1290. The Labute approximate surface area is 179 Å². The number of amides is 1. The van der Waals surface area contributed by atoms with Gasteiger partial charge in [0.05, 0.1) is 16.3 Å². The molecule has 1 N–H and O–H groups in total. The van der Waals surface area contributed by atoms with Crippen molar-refractivity contribution in [2.45, 2.75) is 17.9 Å². The summed E-state index contributed by atoms with van der Waals surface area (Å²) in [4.78, 5) is 12.7. The van der Waals surface area contributed by atoms with E-state index in [4.69, 9.17) is 16.3 Å². The van der Waals surface area contributed by atoms with E-state index in [0.717, 1.165) is 11.1 Å². The Balaban J connectivity index is 1.55. The van der Waals surface area contributed by atoms with Gasteiger partial charge in [0.25, 0.3) is 5.91 Å². The fraction of sp³-hybridized carbons (Fsp3) is 0.136. The average Bonchev–Trinajstić information content (AvgIpc) is 2.87. The zero-order chi connectivity index (χ0) is 20.9. The van der Waals surface area contributed by atoms with Crippen molar-refractivity contribution in [3.63, 3.8) is 0 Å². The Morgan fingerprint density at radius 2 is 1.70 bits per heavy atom. The van der Waals surface area contributed by atoms with E-state index in [1.807, 2.05) is 24.3 Å². The van der Waals surface area contributed by atoms with Gasteiger partial charge >= 0.3 is 0 Å². The Hall–Kier alpha value is -2.87. The second-order valence-electron chi connectivity index (χ2n) is 7.19. The van der Waals surface area contributed by atoms with E-state index in [-0.39, 0.29) is 27.8 Å². The van der Waals surface area contributed by atoms with Crippen molar-refractivity contribution in [1.29, 1.82) is 0 Å². The van der Waals surface area contributed by atoms with Gasteiger partial charge in [-0.2, -0.15) is 4.31 Å². The second kappa shape index (κ2) is 7.12. The van der Waals surface area contributed by atoms with Crippen LogP contribution in [0.25, 0.3) is 0 Å². The number of rotatable bonds is 2. The first-order valence-corrected chi connectivity index (χ1v) is 11.2. The minimum absolute atomic E-state index is 0.0137. The predicted molar refractivity (Wildman–Crippen MR) is 114 cm³/mol. The number of halogens is 1. The molecule has 0 saturated heterocycles. The van der Waals surface area contributed by atoms with Crippen LogP contribution in [-0.4, -0.2) is 25.2 Å². The summed E-state index contributed by atoms with van der Waals surface area (Å²) in [6.45, 7) is 0.612. The molecule has 2 aliphatic heterocycles. The van der Waals surface area contributed by atoms with Crippen LogP contribution in [0.15, 0.2) is 65.6 Å². The molecular weight excluding hydrogens is 424 g/mol. The van der Waals surface area contributed by atoms with E-state index in [2.05, 4.69) is 5.32 Å². The largest absolute Gasteiger partial charge is 0.454 e. The fourth-order valence-electron chi connectivity index (χ4n) is 3.78. The highest BCUT2D eigenvalue weighted by atomic mass is 35.5. The molecule has 6 nitrogen and oxygen atoms in total. The van der Waals surface area contributed by atoms with Crippen LogP contribution >= 0.6 is 11.6 Å². The van der Waals surface area contributed by atoms with Crippen LogP contribution in [0, 0.1) is 0 Å². The maximum atomic E-state index is 13.4. The number of sulfonamides is 1. The van der Waals surface area contributed by atoms with Crippen LogP contribution in [-0.2, 0) is 23.0 Å². The molecule has 3 aromatic rings. The third-order valence-electron chi connectivity index (χ3n) is 5.35. The number of hydrogen-bond acceptors (Lipinski definition) is 4. The molecule has 2 aliphatic rings. The van der Waals surface area contributed by atoms with Gasteiger partial charge in [-0.25, -0.2) is 8.42 Å². The summed E-state index contributed by atoms with van der Waals surface area (Å²) in [6, 6.07) is 17.4. The summed E-state index contributed by atoms with van der Waals surface area (Å²) < 4.78 is 34.0. The zero-order valence-corrected chi connectivity index (χ0v) is 17.3. The number of carbonyl (C=O) groups excluding carboxylic acids is 1. The molecule has 0 aromatic heterocycles. The van der Waals surface area contributed by atoms with Crippen molar-refractivity contribution < 1.29 is 17.9 Å². The van der Waals surface area contributed by atoms with Crippen molar-refractivity contribution >= 4 is 33.2 Å². The van der Waals surface area contributed by atoms with Crippen molar-refractivity contribution in [2.24, 2.45) is 0 Å². The predicted octanol–water partition coefficient (Wildman–Crippen LogP) is 4.45. The van der Waals surface area contributed by atoms with E-state index < -0.39 is 15.9 Å². The molecule has 152 valence electrons. The maximum Gasteiger partial charge on any atom is 0.259 e. The van der Waals surface area contributed by atoms with Gasteiger partial charge in [0.1, 0.15) is 10.6 Å². The minimum atomic E-state index is -3.91. The van der Waals surface area contributed by atoms with E-state index in [1.165, 1.54) is 16.4 Å². The normalized spacial score (nSPS) is 15.8. The van der Waals surface area contributed by atoms with Gasteiger partial charge in [-0.05, 0) is 35.7 Å². The molecule has 0 saturated carbocycles. The summed E-state index contributed by atoms with van der Waals surface area (Å²) in [5.74, 6) is 0.223. The van der Waals surface area contributed by atoms with Gasteiger partial charge < -0.3 is 10.1 Å². The first-order chi connectivity index (χ1) is 14.4. The number of benzene rings is 3. The molecular formula is C22H17ClN2O4S. The molecule has 0 spiro atoms. The lowest BCUT2D eigenvalue weighted by Crippen LogP contribution is -2.36. The van der Waals surface area contributed by atoms with Crippen LogP contribution in [0.5, 0.6) is 11.5 Å². The molecule has 5 rings (SSSR count). The molecule has 0 bridgehead atoms. The molecule has 0 atom stereocenters. The van der Waals surface area contributed by atoms with Gasteiger partial charge in [-0.3, -0.25) is 4.79 Å². The number of nitrogens with zero attached hydrogens (tertiary/aromatic N) is 1. The van der Waals surface area contributed by atoms with E-state index in [0.29, 0.717) is 24.4 Å². The number of carbonyl (C=O) groups is 1. The molecule has 0 radical (unpaired) electrons. The van der Waals surface area contributed by atoms with Crippen LogP contribution in [0.4, 0.5) is 5.69 Å². The zero-order valence-electron chi connectivity index (χ0n) is 15.8. The second-order valence-corrected chi connectivity index (χ2v) is 9.50. The number of nitrogens with one attached hydrogen (secondary N) is 1. The minimum Gasteiger partial charge on any atom is -0.454 e. The van der Waals surface area contributed by atoms with Crippen LogP contribution in [0.2, 0.25) is 5.02 Å². The van der Waals surface area contributed by atoms with Crippen LogP contribution in [0.3, 0.4) is 0 Å². The highest BCUT2D eigenvalue weighted by molar-refractivity contribution is 7.89.